The summed E-state index contributed by atoms with van der Waals surface area (Å²) in [5.41, 5.74) is -0.521. The van der Waals surface area contributed by atoms with E-state index < -0.39 is 35.4 Å². The van der Waals surface area contributed by atoms with Gasteiger partial charge in [-0.05, 0) is 30.7 Å². The molecule has 2 aromatic rings. The third-order valence-electron chi connectivity index (χ3n) is 6.87. The summed E-state index contributed by atoms with van der Waals surface area (Å²) in [6.45, 7) is 3.59. The largest absolute Gasteiger partial charge is 0.434 e. The molecule has 0 saturated carbocycles. The van der Waals surface area contributed by atoms with Crippen LogP contribution in [0.1, 0.15) is 17.5 Å². The fourth-order valence-electron chi connectivity index (χ4n) is 5.17. The smallest absolute Gasteiger partial charge is 0.327 e. The quantitative estimate of drug-likeness (QED) is 0.483. The van der Waals surface area contributed by atoms with E-state index in [4.69, 9.17) is 4.74 Å². The molecule has 184 valence electrons. The average molecular weight is 483 g/mol. The number of nitrogens with zero attached hydrogens (tertiary/aromatic N) is 2. The first kappa shape index (κ1) is 23.6. The summed E-state index contributed by atoms with van der Waals surface area (Å²) in [7, 11) is 0. The Kier molecular flexibility index (Phi) is 6.64. The minimum atomic E-state index is -1.50. The van der Waals surface area contributed by atoms with Crippen LogP contribution in [-0.2, 0) is 20.1 Å². The standard InChI is InChI=1S/C26H28F2N4O3/c27-20-8-4-18(5-9-20)26(19-6-10-21(28)11-7-19)32-22(16-29-17-23(32)25(34)35-26)24(33)30-12-15-31-13-2-1-3-14-31/h1-2,4-11,22-23,29H,3,12-17H2,(H,30,33). The maximum Gasteiger partial charge on any atom is 0.327 e. The number of hydrogen-bond donors (Lipinski definition) is 2. The maximum atomic E-state index is 13.8. The summed E-state index contributed by atoms with van der Waals surface area (Å²) in [5.74, 6) is -1.61. The van der Waals surface area contributed by atoms with E-state index in [2.05, 4.69) is 27.7 Å². The number of nitrogens with one attached hydrogen (secondary N) is 2. The summed E-state index contributed by atoms with van der Waals surface area (Å²) in [5, 5.41) is 6.19. The second kappa shape index (κ2) is 9.85. The van der Waals surface area contributed by atoms with Crippen LogP contribution in [0.3, 0.4) is 0 Å². The molecule has 9 heteroatoms. The molecule has 3 aliphatic rings. The van der Waals surface area contributed by atoms with Crippen molar-refractivity contribution in [2.45, 2.75) is 24.2 Å². The molecule has 0 aromatic heterocycles. The van der Waals surface area contributed by atoms with E-state index in [1.807, 2.05) is 0 Å². The molecule has 0 aliphatic carbocycles. The van der Waals surface area contributed by atoms with Crippen LogP contribution in [-0.4, -0.2) is 73.0 Å². The van der Waals surface area contributed by atoms with Gasteiger partial charge in [0.1, 0.15) is 23.7 Å². The van der Waals surface area contributed by atoms with Crippen LogP contribution >= 0.6 is 0 Å². The van der Waals surface area contributed by atoms with E-state index in [0.717, 1.165) is 26.1 Å². The highest BCUT2D eigenvalue weighted by Crippen LogP contribution is 2.45. The molecule has 1 amide bonds. The lowest BCUT2D eigenvalue weighted by Gasteiger charge is -2.44. The zero-order valence-electron chi connectivity index (χ0n) is 19.3. The first-order valence-corrected chi connectivity index (χ1v) is 11.9. The number of esters is 1. The highest BCUT2D eigenvalue weighted by atomic mass is 19.1. The molecule has 3 aliphatic heterocycles. The summed E-state index contributed by atoms with van der Waals surface area (Å²) in [6.07, 6.45) is 5.26. The summed E-state index contributed by atoms with van der Waals surface area (Å²) >= 11 is 0. The average Bonchev–Trinajstić information content (AvgIpc) is 3.19. The number of hydrogen-bond acceptors (Lipinski definition) is 6. The number of carbonyl (C=O) groups is 2. The molecule has 2 N–H and O–H groups in total. The van der Waals surface area contributed by atoms with Crippen molar-refractivity contribution >= 4 is 11.9 Å². The number of rotatable bonds is 6. The Morgan fingerprint density at radius 1 is 1.03 bits per heavy atom. The van der Waals surface area contributed by atoms with Crippen LogP contribution in [0.25, 0.3) is 0 Å². The van der Waals surface area contributed by atoms with Crippen LogP contribution in [0.4, 0.5) is 8.78 Å². The number of halogens is 2. The molecule has 0 radical (unpaired) electrons. The number of amides is 1. The Morgan fingerprint density at radius 2 is 1.69 bits per heavy atom. The summed E-state index contributed by atoms with van der Waals surface area (Å²) < 4.78 is 33.7. The van der Waals surface area contributed by atoms with Gasteiger partial charge < -0.3 is 15.4 Å². The summed E-state index contributed by atoms with van der Waals surface area (Å²) in [6, 6.07) is 9.81. The lowest BCUT2D eigenvalue weighted by atomic mass is 9.89. The van der Waals surface area contributed by atoms with Gasteiger partial charge in [0.2, 0.25) is 11.6 Å². The van der Waals surface area contributed by atoms with Crippen molar-refractivity contribution in [1.82, 2.24) is 20.4 Å². The van der Waals surface area contributed by atoms with Crippen molar-refractivity contribution in [3.63, 3.8) is 0 Å². The van der Waals surface area contributed by atoms with Gasteiger partial charge in [-0.2, -0.15) is 0 Å². The number of cyclic esters (lactones) is 1. The second-order valence-corrected chi connectivity index (χ2v) is 9.03. The van der Waals surface area contributed by atoms with Gasteiger partial charge in [-0.1, -0.05) is 36.4 Å². The van der Waals surface area contributed by atoms with E-state index >= 15 is 0 Å². The molecule has 35 heavy (non-hydrogen) atoms. The van der Waals surface area contributed by atoms with Gasteiger partial charge >= 0.3 is 5.97 Å². The van der Waals surface area contributed by atoms with Crippen LogP contribution in [0.5, 0.6) is 0 Å². The topological polar surface area (TPSA) is 73.9 Å². The van der Waals surface area contributed by atoms with Gasteiger partial charge in [-0.25, -0.2) is 13.7 Å². The van der Waals surface area contributed by atoms with Crippen molar-refractivity contribution < 1.29 is 23.1 Å². The minimum absolute atomic E-state index is 0.235. The first-order chi connectivity index (χ1) is 17.0. The lowest BCUT2D eigenvalue weighted by Crippen LogP contribution is -2.66. The van der Waals surface area contributed by atoms with Gasteiger partial charge in [-0.15, -0.1) is 0 Å². The normalized spacial score (nSPS) is 24.1. The number of fused-ring (bicyclic) bond motifs is 1. The molecular weight excluding hydrogens is 454 g/mol. The van der Waals surface area contributed by atoms with E-state index in [0.29, 0.717) is 30.8 Å². The molecular formula is C26H28F2N4O3. The fraction of sp³-hybridized carbons (Fsp3) is 0.385. The van der Waals surface area contributed by atoms with Crippen LogP contribution < -0.4 is 10.6 Å². The van der Waals surface area contributed by atoms with E-state index in [-0.39, 0.29) is 5.91 Å². The number of piperazine rings is 1. The number of carbonyl (C=O) groups excluding carboxylic acids is 2. The first-order valence-electron chi connectivity index (χ1n) is 11.9. The van der Waals surface area contributed by atoms with Crippen molar-refractivity contribution in [3.05, 3.63) is 83.4 Å². The minimum Gasteiger partial charge on any atom is -0.434 e. The van der Waals surface area contributed by atoms with Gasteiger partial charge in [0.05, 0.1) is 0 Å². The maximum absolute atomic E-state index is 13.8. The SMILES string of the molecule is O=C(NCCN1CC=CCC1)C1CNCC2C(=O)OC(c3ccc(F)cc3)(c3ccc(F)cc3)N12. The predicted octanol–water partition coefficient (Wildman–Crippen LogP) is 1.74. The van der Waals surface area contributed by atoms with Crippen molar-refractivity contribution in [2.24, 2.45) is 0 Å². The van der Waals surface area contributed by atoms with Gasteiger partial charge in [0.15, 0.2) is 0 Å². The zero-order chi connectivity index (χ0) is 24.4. The Bertz CT molecular complexity index is 1060. The molecule has 3 heterocycles. The lowest BCUT2D eigenvalue weighted by molar-refractivity contribution is -0.153. The van der Waals surface area contributed by atoms with Crippen molar-refractivity contribution in [1.29, 1.82) is 0 Å². The fourth-order valence-corrected chi connectivity index (χ4v) is 5.17. The number of benzene rings is 2. The molecule has 2 aromatic carbocycles. The Labute approximate surface area is 202 Å². The van der Waals surface area contributed by atoms with Gasteiger partial charge in [-0.3, -0.25) is 14.5 Å². The molecule has 2 unspecified atom stereocenters. The molecule has 5 rings (SSSR count). The van der Waals surface area contributed by atoms with Crippen molar-refractivity contribution in [2.75, 3.05) is 39.3 Å². The second-order valence-electron chi connectivity index (χ2n) is 9.03. The Balaban J connectivity index is 1.48. The molecule has 2 atom stereocenters. The van der Waals surface area contributed by atoms with Crippen LogP contribution in [0.15, 0.2) is 60.7 Å². The molecule has 2 saturated heterocycles. The number of ether oxygens (including phenoxy) is 1. The van der Waals surface area contributed by atoms with Crippen LogP contribution in [0.2, 0.25) is 0 Å². The third-order valence-corrected chi connectivity index (χ3v) is 6.87. The molecule has 0 bridgehead atoms. The Morgan fingerprint density at radius 3 is 2.29 bits per heavy atom. The van der Waals surface area contributed by atoms with E-state index in [1.54, 1.807) is 4.90 Å². The monoisotopic (exact) mass is 482 g/mol. The molecule has 2 fully saturated rings. The molecule has 0 spiro atoms. The van der Waals surface area contributed by atoms with Crippen molar-refractivity contribution in [3.8, 4) is 0 Å². The van der Waals surface area contributed by atoms with Crippen LogP contribution in [0, 0.1) is 11.6 Å². The highest BCUT2D eigenvalue weighted by Gasteiger charge is 2.60. The van der Waals surface area contributed by atoms with E-state index in [9.17, 15) is 18.4 Å². The Hall–Kier alpha value is -3.14. The van der Waals surface area contributed by atoms with Gasteiger partial charge in [0, 0.05) is 50.4 Å². The third kappa shape index (κ3) is 4.47. The summed E-state index contributed by atoms with van der Waals surface area (Å²) in [4.78, 5) is 30.5. The zero-order valence-corrected chi connectivity index (χ0v) is 19.3. The predicted molar refractivity (Wildman–Crippen MR) is 125 cm³/mol. The van der Waals surface area contributed by atoms with E-state index in [1.165, 1.54) is 48.5 Å². The molecule has 7 nitrogen and oxygen atoms in total. The van der Waals surface area contributed by atoms with Gasteiger partial charge in [0.25, 0.3) is 0 Å². The highest BCUT2D eigenvalue weighted by molar-refractivity contribution is 5.86.